The van der Waals surface area contributed by atoms with Crippen molar-refractivity contribution >= 4 is 25.7 Å². The van der Waals surface area contributed by atoms with Crippen LogP contribution in [0.15, 0.2) is 18.3 Å². The zero-order chi connectivity index (χ0) is 9.19. The normalized spacial score (nSPS) is 11.2. The molecule has 66 valence electrons. The number of aryl methyl sites for hydroxylation is 1. The van der Waals surface area contributed by atoms with E-state index >= 15 is 0 Å². The van der Waals surface area contributed by atoms with Crippen LogP contribution in [0.25, 0.3) is 0 Å². The van der Waals surface area contributed by atoms with Crippen molar-refractivity contribution in [3.63, 3.8) is 0 Å². The number of aromatic nitrogens is 1. The number of nitrogens with one attached hydrogen (secondary N) is 1. The van der Waals surface area contributed by atoms with Gasteiger partial charge < -0.3 is 0 Å². The van der Waals surface area contributed by atoms with Crippen molar-refractivity contribution in [3.05, 3.63) is 23.9 Å². The second kappa shape index (κ2) is 3.28. The van der Waals surface area contributed by atoms with Gasteiger partial charge in [0.1, 0.15) is 5.82 Å². The summed E-state index contributed by atoms with van der Waals surface area (Å²) >= 11 is 0. The van der Waals surface area contributed by atoms with Gasteiger partial charge in [-0.2, -0.15) is 8.42 Å². The summed E-state index contributed by atoms with van der Waals surface area (Å²) in [5.41, 5.74) is 0.951. The van der Waals surface area contributed by atoms with Crippen molar-refractivity contribution in [2.45, 2.75) is 6.92 Å². The fourth-order valence-corrected chi connectivity index (χ4v) is 1.26. The van der Waals surface area contributed by atoms with Crippen molar-refractivity contribution in [3.8, 4) is 0 Å². The Balaban J connectivity index is 2.85. The third-order valence-corrected chi connectivity index (χ3v) is 1.82. The lowest BCUT2D eigenvalue weighted by Gasteiger charge is -1.99. The van der Waals surface area contributed by atoms with E-state index < -0.39 is 9.24 Å². The molecule has 12 heavy (non-hydrogen) atoms. The van der Waals surface area contributed by atoms with E-state index in [1.807, 2.05) is 11.6 Å². The molecule has 0 atom stereocenters. The summed E-state index contributed by atoms with van der Waals surface area (Å²) in [5, 5.41) is 0. The molecule has 0 aliphatic carbocycles. The summed E-state index contributed by atoms with van der Waals surface area (Å²) < 4.78 is 23.0. The summed E-state index contributed by atoms with van der Waals surface area (Å²) in [6, 6.07) is 3.27. The Labute approximate surface area is 75.1 Å². The third-order valence-electron chi connectivity index (χ3n) is 1.14. The van der Waals surface area contributed by atoms with Gasteiger partial charge in [0.15, 0.2) is 0 Å². The average Bonchev–Trinajstić information content (AvgIpc) is 1.91. The van der Waals surface area contributed by atoms with Gasteiger partial charge in [0, 0.05) is 16.9 Å². The zero-order valence-corrected chi connectivity index (χ0v) is 7.85. The molecule has 0 fully saturated rings. The molecule has 0 spiro atoms. The summed E-state index contributed by atoms with van der Waals surface area (Å²) in [5.74, 6) is 0.218. The molecule has 0 unspecified atom stereocenters. The molecule has 1 heterocycles. The first-order valence-corrected chi connectivity index (χ1v) is 5.43. The van der Waals surface area contributed by atoms with Crippen molar-refractivity contribution in [2.75, 3.05) is 4.72 Å². The Morgan fingerprint density at radius 1 is 1.50 bits per heavy atom. The molecule has 0 aromatic carbocycles. The molecule has 0 aliphatic heterocycles. The van der Waals surface area contributed by atoms with Gasteiger partial charge in [-0.05, 0) is 18.6 Å². The van der Waals surface area contributed by atoms with E-state index in [0.717, 1.165) is 5.56 Å². The molecule has 0 aliphatic rings. The molecule has 0 bridgehead atoms. The predicted octanol–water partition coefficient (Wildman–Crippen LogP) is 1.29. The highest BCUT2D eigenvalue weighted by atomic mass is 35.7. The second-order valence-corrected chi connectivity index (χ2v) is 4.56. The number of nitrogens with zero attached hydrogens (tertiary/aromatic N) is 1. The zero-order valence-electron chi connectivity index (χ0n) is 6.28. The van der Waals surface area contributed by atoms with Crippen LogP contribution in [0.1, 0.15) is 5.56 Å². The number of pyridine rings is 1. The Morgan fingerprint density at radius 2 is 2.17 bits per heavy atom. The van der Waals surface area contributed by atoms with Crippen molar-refractivity contribution in [2.24, 2.45) is 0 Å². The van der Waals surface area contributed by atoms with Crippen molar-refractivity contribution in [1.82, 2.24) is 4.98 Å². The maximum atomic E-state index is 10.5. The minimum absolute atomic E-state index is 0.218. The molecule has 1 rings (SSSR count). The highest BCUT2D eigenvalue weighted by Gasteiger charge is 2.03. The van der Waals surface area contributed by atoms with Crippen LogP contribution in [0.3, 0.4) is 0 Å². The molecule has 0 amide bonds. The van der Waals surface area contributed by atoms with E-state index in [4.69, 9.17) is 10.7 Å². The standard InChI is InChI=1S/C6H7ClN2O2S/c1-5-2-3-6(8-4-5)9-12(7,10)11/h2-4H,1H3,(H,8,9). The smallest absolute Gasteiger partial charge is 0.254 e. The maximum Gasteiger partial charge on any atom is 0.320 e. The topological polar surface area (TPSA) is 59.1 Å². The van der Waals surface area contributed by atoms with Gasteiger partial charge >= 0.3 is 9.24 Å². The molecule has 0 saturated heterocycles. The van der Waals surface area contributed by atoms with E-state index in [1.54, 1.807) is 12.3 Å². The Kier molecular flexibility index (Phi) is 2.54. The van der Waals surface area contributed by atoms with E-state index in [-0.39, 0.29) is 5.82 Å². The lowest BCUT2D eigenvalue weighted by atomic mass is 10.3. The van der Waals surface area contributed by atoms with Crippen molar-refractivity contribution < 1.29 is 8.42 Å². The summed E-state index contributed by atoms with van der Waals surface area (Å²) in [7, 11) is 1.20. The fraction of sp³-hybridized carbons (Fsp3) is 0.167. The van der Waals surface area contributed by atoms with E-state index in [0.29, 0.717) is 0 Å². The van der Waals surface area contributed by atoms with E-state index in [9.17, 15) is 8.42 Å². The highest BCUT2D eigenvalue weighted by molar-refractivity contribution is 8.14. The molecule has 0 saturated carbocycles. The van der Waals surface area contributed by atoms with Gasteiger partial charge in [0.2, 0.25) is 0 Å². The summed E-state index contributed by atoms with van der Waals surface area (Å²) in [6.07, 6.45) is 1.55. The number of anilines is 1. The number of hydrogen-bond donors (Lipinski definition) is 1. The highest BCUT2D eigenvalue weighted by Crippen LogP contribution is 2.07. The third kappa shape index (κ3) is 3.06. The van der Waals surface area contributed by atoms with Crippen LogP contribution < -0.4 is 4.72 Å². The number of hydrogen-bond acceptors (Lipinski definition) is 3. The first kappa shape index (κ1) is 9.28. The quantitative estimate of drug-likeness (QED) is 0.742. The minimum Gasteiger partial charge on any atom is -0.254 e. The second-order valence-electron chi connectivity index (χ2n) is 2.26. The molecule has 1 aromatic heterocycles. The predicted molar refractivity (Wildman–Crippen MR) is 47.4 cm³/mol. The van der Waals surface area contributed by atoms with Gasteiger partial charge in [0.25, 0.3) is 0 Å². The summed E-state index contributed by atoms with van der Waals surface area (Å²) in [6.45, 7) is 1.85. The molecule has 1 aromatic rings. The first-order valence-electron chi connectivity index (χ1n) is 3.12. The average molecular weight is 207 g/mol. The van der Waals surface area contributed by atoms with Crippen LogP contribution in [0.4, 0.5) is 5.82 Å². The summed E-state index contributed by atoms with van der Waals surface area (Å²) in [4.78, 5) is 3.79. The maximum absolute atomic E-state index is 10.5. The van der Waals surface area contributed by atoms with Crippen LogP contribution in [-0.4, -0.2) is 13.4 Å². The molecular formula is C6H7ClN2O2S. The van der Waals surface area contributed by atoms with E-state index in [1.165, 1.54) is 6.07 Å². The lowest BCUT2D eigenvalue weighted by Crippen LogP contribution is -2.05. The van der Waals surface area contributed by atoms with Gasteiger partial charge in [-0.25, -0.2) is 4.98 Å². The van der Waals surface area contributed by atoms with E-state index in [2.05, 4.69) is 4.98 Å². The van der Waals surface area contributed by atoms with Gasteiger partial charge in [-0.15, -0.1) is 0 Å². The van der Waals surface area contributed by atoms with Crippen LogP contribution >= 0.6 is 10.7 Å². The Morgan fingerprint density at radius 3 is 2.58 bits per heavy atom. The van der Waals surface area contributed by atoms with Crippen LogP contribution in [0.2, 0.25) is 0 Å². The molecular weight excluding hydrogens is 200 g/mol. The Bertz CT molecular complexity index is 360. The number of halogens is 1. The molecule has 4 nitrogen and oxygen atoms in total. The SMILES string of the molecule is Cc1ccc(NS(=O)(=O)Cl)nc1. The van der Waals surface area contributed by atoms with Crippen LogP contribution in [-0.2, 0) is 9.24 Å². The molecule has 0 radical (unpaired) electrons. The van der Waals surface area contributed by atoms with Crippen molar-refractivity contribution in [1.29, 1.82) is 0 Å². The van der Waals surface area contributed by atoms with Gasteiger partial charge in [-0.3, -0.25) is 4.72 Å². The van der Waals surface area contributed by atoms with Crippen LogP contribution in [0, 0.1) is 6.92 Å². The monoisotopic (exact) mass is 206 g/mol. The lowest BCUT2D eigenvalue weighted by molar-refractivity contribution is 0.614. The Hall–Kier alpha value is -0.810. The fourth-order valence-electron chi connectivity index (χ4n) is 0.653. The molecule has 6 heteroatoms. The van der Waals surface area contributed by atoms with Crippen LogP contribution in [0.5, 0.6) is 0 Å². The van der Waals surface area contributed by atoms with Gasteiger partial charge in [0.05, 0.1) is 0 Å². The van der Waals surface area contributed by atoms with Gasteiger partial charge in [-0.1, -0.05) is 6.07 Å². The molecule has 1 N–H and O–H groups in total. The minimum atomic E-state index is -3.73. The number of rotatable bonds is 2. The largest absolute Gasteiger partial charge is 0.320 e. The first-order chi connectivity index (χ1) is 5.47.